The Morgan fingerprint density at radius 1 is 1.23 bits per heavy atom. The number of nitrogens with zero attached hydrogens (tertiary/aromatic N) is 2. The van der Waals surface area contributed by atoms with Crippen LogP contribution < -0.4 is 5.32 Å². The van der Waals surface area contributed by atoms with E-state index in [0.29, 0.717) is 16.7 Å². The van der Waals surface area contributed by atoms with Gasteiger partial charge >= 0.3 is 6.18 Å². The molecule has 0 unspecified atom stereocenters. The molecule has 0 aliphatic carbocycles. The lowest BCUT2D eigenvalue weighted by atomic mass is 10.1. The minimum absolute atomic E-state index is 0.0186. The summed E-state index contributed by atoms with van der Waals surface area (Å²) in [6, 6.07) is 9.96. The number of alkyl halides is 3. The van der Waals surface area contributed by atoms with Crippen molar-refractivity contribution in [3.63, 3.8) is 0 Å². The van der Waals surface area contributed by atoms with E-state index >= 15 is 0 Å². The van der Waals surface area contributed by atoms with Gasteiger partial charge in [0.25, 0.3) is 0 Å². The van der Waals surface area contributed by atoms with Crippen molar-refractivity contribution in [3.8, 4) is 11.4 Å². The van der Waals surface area contributed by atoms with Crippen LogP contribution in [0.25, 0.3) is 11.4 Å². The third-order valence-corrected chi connectivity index (χ3v) is 4.76. The molecule has 30 heavy (non-hydrogen) atoms. The molecule has 3 aromatic rings. The molecular weight excluding hydrogens is 420 g/mol. The van der Waals surface area contributed by atoms with Crippen molar-refractivity contribution < 1.29 is 22.4 Å². The number of rotatable bonds is 6. The maximum Gasteiger partial charge on any atom is 0.416 e. The summed E-state index contributed by atoms with van der Waals surface area (Å²) in [7, 11) is 0. The quantitative estimate of drug-likeness (QED) is 0.430. The van der Waals surface area contributed by atoms with Crippen molar-refractivity contribution in [1.29, 1.82) is 0 Å². The fourth-order valence-corrected chi connectivity index (χ4v) is 3.22. The molecule has 2 aromatic carbocycles. The summed E-state index contributed by atoms with van der Waals surface area (Å²) >= 11 is 5.22. The molecular formula is C20H18F4N4OS. The Balaban J connectivity index is 1.67. The number of aromatic amines is 1. The van der Waals surface area contributed by atoms with Gasteiger partial charge in [0.2, 0.25) is 5.91 Å². The van der Waals surface area contributed by atoms with E-state index < -0.39 is 23.5 Å². The lowest BCUT2D eigenvalue weighted by Crippen LogP contribution is -2.25. The van der Waals surface area contributed by atoms with Crippen LogP contribution in [0, 0.1) is 17.5 Å². The molecule has 0 saturated carbocycles. The average Bonchev–Trinajstić information content (AvgIpc) is 3.05. The van der Waals surface area contributed by atoms with Crippen molar-refractivity contribution in [3.05, 3.63) is 69.7 Å². The highest BCUT2D eigenvalue weighted by atomic mass is 32.1. The van der Waals surface area contributed by atoms with Crippen molar-refractivity contribution in [2.75, 3.05) is 0 Å². The van der Waals surface area contributed by atoms with Gasteiger partial charge in [0.15, 0.2) is 10.6 Å². The largest absolute Gasteiger partial charge is 0.416 e. The van der Waals surface area contributed by atoms with Crippen LogP contribution in [0.5, 0.6) is 0 Å². The first-order valence-corrected chi connectivity index (χ1v) is 9.40. The topological polar surface area (TPSA) is 62.7 Å². The number of aryl methyl sites for hydroxylation is 1. The molecule has 0 radical (unpaired) electrons. The lowest BCUT2D eigenvalue weighted by Gasteiger charge is -2.14. The van der Waals surface area contributed by atoms with Gasteiger partial charge in [-0.2, -0.15) is 18.3 Å². The fraction of sp³-hybridized carbons (Fsp3) is 0.250. The van der Waals surface area contributed by atoms with Crippen molar-refractivity contribution in [1.82, 2.24) is 20.1 Å². The normalized spacial score (nSPS) is 11.5. The Hall–Kier alpha value is -3.01. The highest BCUT2D eigenvalue weighted by molar-refractivity contribution is 7.71. The molecule has 10 heteroatoms. The number of nitrogens with one attached hydrogen (secondary N) is 2. The maximum atomic E-state index is 13.2. The van der Waals surface area contributed by atoms with Crippen LogP contribution in [-0.4, -0.2) is 20.7 Å². The minimum atomic E-state index is -4.71. The summed E-state index contributed by atoms with van der Waals surface area (Å²) in [5.41, 5.74) is 0.536. The zero-order valence-corrected chi connectivity index (χ0v) is 16.7. The average molecular weight is 438 g/mol. The predicted octanol–water partition coefficient (Wildman–Crippen LogP) is 4.78. The second kappa shape index (κ2) is 8.78. The molecule has 0 saturated heterocycles. The molecule has 5 nitrogen and oxygen atoms in total. The first kappa shape index (κ1) is 21.7. The van der Waals surface area contributed by atoms with Gasteiger partial charge in [-0.3, -0.25) is 14.5 Å². The summed E-state index contributed by atoms with van der Waals surface area (Å²) in [6.45, 7) is 1.77. The van der Waals surface area contributed by atoms with E-state index in [-0.39, 0.29) is 25.1 Å². The highest BCUT2D eigenvalue weighted by Gasteiger charge is 2.33. The van der Waals surface area contributed by atoms with Crippen LogP contribution in [-0.2, 0) is 24.1 Å². The Labute approximate surface area is 174 Å². The second-order valence-electron chi connectivity index (χ2n) is 6.70. The Morgan fingerprint density at radius 2 is 2.00 bits per heavy atom. The molecule has 0 aliphatic rings. The van der Waals surface area contributed by atoms with Gasteiger partial charge in [-0.25, -0.2) is 4.39 Å². The summed E-state index contributed by atoms with van der Waals surface area (Å²) in [5.74, 6) is -0.893. The third-order valence-electron chi connectivity index (χ3n) is 4.45. The third kappa shape index (κ3) is 5.12. The van der Waals surface area contributed by atoms with Gasteiger partial charge < -0.3 is 5.32 Å². The first-order valence-electron chi connectivity index (χ1n) is 8.99. The van der Waals surface area contributed by atoms with Crippen LogP contribution in [0.2, 0.25) is 0 Å². The number of H-pyrrole nitrogens is 1. The maximum absolute atomic E-state index is 13.2. The SMILES string of the molecule is Cc1cccc(-c2n[nH]c(=S)n2CCC(=O)NCc2ccc(F)cc2C(F)(F)F)c1. The molecule has 3 rings (SSSR count). The van der Waals surface area contributed by atoms with Crippen LogP contribution in [0.3, 0.4) is 0 Å². The van der Waals surface area contributed by atoms with Crippen LogP contribution >= 0.6 is 12.2 Å². The summed E-state index contributed by atoms with van der Waals surface area (Å²) < 4.78 is 54.4. The fourth-order valence-electron chi connectivity index (χ4n) is 2.99. The van der Waals surface area contributed by atoms with Gasteiger partial charge in [-0.05, 0) is 42.9 Å². The molecule has 0 bridgehead atoms. The van der Waals surface area contributed by atoms with Crippen LogP contribution in [0.1, 0.15) is 23.1 Å². The number of halogens is 4. The van der Waals surface area contributed by atoms with E-state index in [4.69, 9.17) is 12.2 Å². The highest BCUT2D eigenvalue weighted by Crippen LogP contribution is 2.32. The van der Waals surface area contributed by atoms with Gasteiger partial charge in [0.05, 0.1) is 5.56 Å². The standard InChI is InChI=1S/C20H18F4N4OS/c1-12-3-2-4-13(9-12)18-26-27-19(30)28(18)8-7-17(29)25-11-14-5-6-15(21)10-16(14)20(22,23)24/h2-6,9-10H,7-8,11H2,1H3,(H,25,29)(H,27,30). The molecule has 0 aliphatic heterocycles. The predicted molar refractivity (Wildman–Crippen MR) is 105 cm³/mol. The van der Waals surface area contributed by atoms with Crippen molar-refractivity contribution in [2.45, 2.75) is 32.6 Å². The van der Waals surface area contributed by atoms with Crippen LogP contribution in [0.4, 0.5) is 17.6 Å². The molecule has 2 N–H and O–H groups in total. The number of hydrogen-bond donors (Lipinski definition) is 2. The molecule has 158 valence electrons. The molecule has 1 aromatic heterocycles. The Bertz CT molecular complexity index is 1120. The number of aromatic nitrogens is 3. The van der Waals surface area contributed by atoms with E-state index in [0.717, 1.165) is 23.3 Å². The summed E-state index contributed by atoms with van der Waals surface area (Å²) in [6.07, 6.45) is -4.73. The molecule has 0 atom stereocenters. The molecule has 0 fully saturated rings. The van der Waals surface area contributed by atoms with E-state index in [1.807, 2.05) is 31.2 Å². The monoisotopic (exact) mass is 438 g/mol. The van der Waals surface area contributed by atoms with Crippen molar-refractivity contribution in [2.24, 2.45) is 0 Å². The lowest BCUT2D eigenvalue weighted by molar-refractivity contribution is -0.138. The smallest absolute Gasteiger partial charge is 0.352 e. The summed E-state index contributed by atoms with van der Waals surface area (Å²) in [4.78, 5) is 12.2. The zero-order chi connectivity index (χ0) is 21.9. The molecule has 1 heterocycles. The van der Waals surface area contributed by atoms with Crippen LogP contribution in [0.15, 0.2) is 42.5 Å². The number of amides is 1. The number of carbonyl (C=O) groups is 1. The first-order chi connectivity index (χ1) is 14.1. The van der Waals surface area contributed by atoms with E-state index in [1.54, 1.807) is 4.57 Å². The molecule has 1 amide bonds. The van der Waals surface area contributed by atoms with E-state index in [2.05, 4.69) is 15.5 Å². The van der Waals surface area contributed by atoms with Gasteiger partial charge in [-0.1, -0.05) is 29.8 Å². The number of hydrogen-bond acceptors (Lipinski definition) is 3. The Kier molecular flexibility index (Phi) is 6.35. The van der Waals surface area contributed by atoms with E-state index in [1.165, 1.54) is 0 Å². The molecule has 0 spiro atoms. The zero-order valence-electron chi connectivity index (χ0n) is 15.9. The minimum Gasteiger partial charge on any atom is -0.352 e. The summed E-state index contributed by atoms with van der Waals surface area (Å²) in [5, 5.41) is 9.33. The van der Waals surface area contributed by atoms with Crippen molar-refractivity contribution >= 4 is 18.1 Å². The van der Waals surface area contributed by atoms with Gasteiger partial charge in [0.1, 0.15) is 5.82 Å². The Morgan fingerprint density at radius 3 is 2.70 bits per heavy atom. The second-order valence-corrected chi connectivity index (χ2v) is 7.09. The van der Waals surface area contributed by atoms with E-state index in [9.17, 15) is 22.4 Å². The van der Waals surface area contributed by atoms with Gasteiger partial charge in [-0.15, -0.1) is 0 Å². The number of benzene rings is 2. The number of carbonyl (C=O) groups excluding carboxylic acids is 1. The van der Waals surface area contributed by atoms with Gasteiger partial charge in [0, 0.05) is 25.1 Å².